The summed E-state index contributed by atoms with van der Waals surface area (Å²) in [4.78, 5) is 14.4. The molecule has 0 atom stereocenters. The van der Waals surface area contributed by atoms with E-state index in [-0.39, 0.29) is 23.2 Å². The van der Waals surface area contributed by atoms with Gasteiger partial charge in [0, 0.05) is 22.2 Å². The maximum Gasteiger partial charge on any atom is 0.271 e. The van der Waals surface area contributed by atoms with Crippen molar-refractivity contribution >= 4 is 33.2 Å². The van der Waals surface area contributed by atoms with E-state index in [0.29, 0.717) is 11.6 Å². The van der Waals surface area contributed by atoms with E-state index in [2.05, 4.69) is 26.1 Å². The third-order valence-electron chi connectivity index (χ3n) is 3.03. The van der Waals surface area contributed by atoms with E-state index in [1.54, 1.807) is 0 Å². The Balaban J connectivity index is 1.71. The molecule has 2 aromatic carbocycles. The molecule has 0 N–H and O–H groups in total. The molecule has 0 aliphatic rings. The Morgan fingerprint density at radius 2 is 2.12 bits per heavy atom. The zero-order valence-electron chi connectivity index (χ0n) is 12.0. The lowest BCUT2D eigenvalue weighted by atomic mass is 10.2. The van der Waals surface area contributed by atoms with Crippen LogP contribution in [0.3, 0.4) is 0 Å². The van der Waals surface area contributed by atoms with Gasteiger partial charge in [0.15, 0.2) is 6.61 Å². The highest BCUT2D eigenvalue weighted by atomic mass is 79.9. The number of halogens is 2. The van der Waals surface area contributed by atoms with Gasteiger partial charge in [-0.25, -0.2) is 0 Å². The molecule has 0 spiro atoms. The molecule has 9 heteroatoms. The summed E-state index contributed by atoms with van der Waals surface area (Å²) in [6.45, 7) is -0.00145. The monoisotopic (exact) mass is 409 g/mol. The molecule has 7 nitrogen and oxygen atoms in total. The van der Waals surface area contributed by atoms with Gasteiger partial charge in [0.2, 0.25) is 5.82 Å². The van der Waals surface area contributed by atoms with E-state index in [4.69, 9.17) is 20.9 Å². The van der Waals surface area contributed by atoms with Crippen molar-refractivity contribution in [2.75, 3.05) is 0 Å². The summed E-state index contributed by atoms with van der Waals surface area (Å²) in [5.41, 5.74) is 0.690. The third kappa shape index (κ3) is 3.72. The molecule has 1 aromatic heterocycles. The van der Waals surface area contributed by atoms with Crippen molar-refractivity contribution in [1.29, 1.82) is 0 Å². The van der Waals surface area contributed by atoms with Gasteiger partial charge in [-0.2, -0.15) is 4.98 Å². The van der Waals surface area contributed by atoms with Crippen LogP contribution in [0.5, 0.6) is 5.75 Å². The fourth-order valence-corrected chi connectivity index (χ4v) is 2.55. The van der Waals surface area contributed by atoms with Crippen molar-refractivity contribution in [3.05, 3.63) is 68.0 Å². The molecule has 0 saturated heterocycles. The molecule has 0 aliphatic heterocycles. The van der Waals surface area contributed by atoms with Crippen molar-refractivity contribution in [3.63, 3.8) is 0 Å². The van der Waals surface area contributed by atoms with Crippen LogP contribution in [0.25, 0.3) is 11.4 Å². The predicted molar refractivity (Wildman–Crippen MR) is 89.9 cm³/mol. The largest absolute Gasteiger partial charge is 0.482 e. The quantitative estimate of drug-likeness (QED) is 0.449. The second kappa shape index (κ2) is 6.98. The lowest BCUT2D eigenvalue weighted by Gasteiger charge is -2.04. The molecular formula is C15H9BrClN3O4. The number of nitro benzene ring substituents is 1. The van der Waals surface area contributed by atoms with E-state index < -0.39 is 4.92 Å². The minimum absolute atomic E-state index is 0.00145. The highest BCUT2D eigenvalue weighted by molar-refractivity contribution is 9.10. The molecule has 0 radical (unpaired) electrons. The van der Waals surface area contributed by atoms with E-state index in [9.17, 15) is 10.1 Å². The Bertz CT molecular complexity index is 900. The minimum Gasteiger partial charge on any atom is -0.482 e. The molecule has 3 aromatic rings. The highest BCUT2D eigenvalue weighted by Gasteiger charge is 2.13. The average Bonchev–Trinajstić information content (AvgIpc) is 3.02. The molecule has 0 aliphatic carbocycles. The number of benzene rings is 2. The summed E-state index contributed by atoms with van der Waals surface area (Å²) in [7, 11) is 0. The Labute approximate surface area is 149 Å². The average molecular weight is 411 g/mol. The standard InChI is InChI=1S/C15H9BrClN3O4/c16-10-3-1-2-9(6-10)15-18-14(24-19-15)8-23-13-5-4-11(20(21)22)7-12(13)17/h1-7H,8H2. The van der Waals surface area contributed by atoms with Crippen LogP contribution >= 0.6 is 27.5 Å². The van der Waals surface area contributed by atoms with E-state index in [1.807, 2.05) is 24.3 Å². The normalized spacial score (nSPS) is 10.6. The van der Waals surface area contributed by atoms with Gasteiger partial charge in [0.1, 0.15) is 5.75 Å². The van der Waals surface area contributed by atoms with Gasteiger partial charge in [0.25, 0.3) is 11.6 Å². The molecule has 0 amide bonds. The fourth-order valence-electron chi connectivity index (χ4n) is 1.92. The first-order valence-electron chi connectivity index (χ1n) is 6.68. The molecule has 0 fully saturated rings. The number of nitro groups is 1. The zero-order valence-corrected chi connectivity index (χ0v) is 14.3. The van der Waals surface area contributed by atoms with Gasteiger partial charge >= 0.3 is 0 Å². The SMILES string of the molecule is O=[N+]([O-])c1ccc(OCc2nc(-c3cccc(Br)c3)no2)c(Cl)c1. The van der Waals surface area contributed by atoms with Gasteiger partial charge in [-0.15, -0.1) is 0 Å². The summed E-state index contributed by atoms with van der Waals surface area (Å²) in [5, 5.41) is 14.7. The highest BCUT2D eigenvalue weighted by Crippen LogP contribution is 2.29. The molecule has 3 rings (SSSR count). The number of aromatic nitrogens is 2. The molecule has 122 valence electrons. The van der Waals surface area contributed by atoms with Crippen LogP contribution in [-0.2, 0) is 6.61 Å². The van der Waals surface area contributed by atoms with Crippen LogP contribution in [0.2, 0.25) is 5.02 Å². The summed E-state index contributed by atoms with van der Waals surface area (Å²) in [6.07, 6.45) is 0. The predicted octanol–water partition coefficient (Wildman–Crippen LogP) is 4.64. The Morgan fingerprint density at radius 3 is 2.83 bits per heavy atom. The molecule has 0 unspecified atom stereocenters. The fraction of sp³-hybridized carbons (Fsp3) is 0.0667. The maximum atomic E-state index is 10.7. The molecular weight excluding hydrogens is 402 g/mol. The second-order valence-electron chi connectivity index (χ2n) is 4.68. The first-order valence-corrected chi connectivity index (χ1v) is 7.85. The molecule has 0 saturated carbocycles. The summed E-state index contributed by atoms with van der Waals surface area (Å²) >= 11 is 9.33. The van der Waals surface area contributed by atoms with Crippen LogP contribution in [0.15, 0.2) is 51.5 Å². The summed E-state index contributed by atoms with van der Waals surface area (Å²) in [5.74, 6) is 0.994. The topological polar surface area (TPSA) is 91.3 Å². The Hall–Kier alpha value is -2.45. The van der Waals surface area contributed by atoms with Gasteiger partial charge in [0.05, 0.1) is 9.95 Å². The van der Waals surface area contributed by atoms with Crippen molar-refractivity contribution in [3.8, 4) is 17.1 Å². The number of hydrogen-bond donors (Lipinski definition) is 0. The number of non-ortho nitro benzene ring substituents is 1. The van der Waals surface area contributed by atoms with Gasteiger partial charge in [-0.05, 0) is 18.2 Å². The second-order valence-corrected chi connectivity index (χ2v) is 6.01. The first kappa shape index (κ1) is 16.4. The van der Waals surface area contributed by atoms with Crippen LogP contribution in [-0.4, -0.2) is 15.1 Å². The molecule has 1 heterocycles. The molecule has 0 bridgehead atoms. The number of nitrogens with zero attached hydrogens (tertiary/aromatic N) is 3. The van der Waals surface area contributed by atoms with Crippen molar-refractivity contribution in [1.82, 2.24) is 10.1 Å². The molecule has 24 heavy (non-hydrogen) atoms. The third-order valence-corrected chi connectivity index (χ3v) is 3.82. The first-order chi connectivity index (χ1) is 11.5. The van der Waals surface area contributed by atoms with Crippen LogP contribution < -0.4 is 4.74 Å². The van der Waals surface area contributed by atoms with Crippen molar-refractivity contribution in [2.24, 2.45) is 0 Å². The maximum absolute atomic E-state index is 10.7. The van der Waals surface area contributed by atoms with Gasteiger partial charge in [-0.3, -0.25) is 10.1 Å². The van der Waals surface area contributed by atoms with Gasteiger partial charge < -0.3 is 9.26 Å². The number of hydrogen-bond acceptors (Lipinski definition) is 6. The van der Waals surface area contributed by atoms with Crippen molar-refractivity contribution < 1.29 is 14.2 Å². The number of ether oxygens (including phenoxy) is 1. The Morgan fingerprint density at radius 1 is 1.29 bits per heavy atom. The van der Waals surface area contributed by atoms with Crippen molar-refractivity contribution in [2.45, 2.75) is 6.61 Å². The van der Waals surface area contributed by atoms with E-state index in [0.717, 1.165) is 10.0 Å². The van der Waals surface area contributed by atoms with Crippen LogP contribution in [0.1, 0.15) is 5.89 Å². The van der Waals surface area contributed by atoms with Gasteiger partial charge in [-0.1, -0.05) is 44.8 Å². The lowest BCUT2D eigenvalue weighted by molar-refractivity contribution is -0.384. The Kier molecular flexibility index (Phi) is 4.77. The van der Waals surface area contributed by atoms with E-state index >= 15 is 0 Å². The van der Waals surface area contributed by atoms with Crippen LogP contribution in [0.4, 0.5) is 5.69 Å². The zero-order chi connectivity index (χ0) is 17.1. The summed E-state index contributed by atoms with van der Waals surface area (Å²) in [6, 6.07) is 11.4. The van der Waals surface area contributed by atoms with Crippen LogP contribution in [0, 0.1) is 10.1 Å². The number of rotatable bonds is 5. The van der Waals surface area contributed by atoms with E-state index in [1.165, 1.54) is 18.2 Å². The summed E-state index contributed by atoms with van der Waals surface area (Å²) < 4.78 is 11.5. The lowest BCUT2D eigenvalue weighted by Crippen LogP contribution is -1.97. The minimum atomic E-state index is -0.530. The smallest absolute Gasteiger partial charge is 0.271 e.